The molecule has 104 valence electrons. The molecule has 0 aliphatic carbocycles. The fourth-order valence-corrected chi connectivity index (χ4v) is 2.24. The van der Waals surface area contributed by atoms with Gasteiger partial charge in [0.15, 0.2) is 0 Å². The third-order valence-corrected chi connectivity index (χ3v) is 3.09. The Morgan fingerprint density at radius 3 is 2.42 bits per heavy atom. The number of Topliss-reactive ketones (excluding diaryl/α,β-unsaturated/α-hetero) is 1. The molecule has 0 amide bonds. The van der Waals surface area contributed by atoms with Gasteiger partial charge in [-0.3, -0.25) is 4.79 Å². The number of ketones is 1. The van der Waals surface area contributed by atoms with Gasteiger partial charge in [-0.05, 0) is 17.7 Å². The zero-order chi connectivity index (χ0) is 14.4. The number of ether oxygens (including phenoxy) is 1. The molecular weight excluding hydrogens is 339 g/mol. The molecule has 0 saturated heterocycles. The molecule has 1 aromatic carbocycles. The van der Waals surface area contributed by atoms with Crippen molar-refractivity contribution in [1.29, 1.82) is 0 Å². The Balaban J connectivity index is 2.52. The molecule has 0 radical (unpaired) electrons. The molecule has 0 N–H and O–H groups in total. The first-order valence-corrected chi connectivity index (χ1v) is 5.88. The number of hydrogen-bond acceptors (Lipinski definition) is 2. The van der Waals surface area contributed by atoms with E-state index in [-0.39, 0.29) is 16.8 Å². The SMILES string of the molecule is O=C(c1cc(Br)cc2c1OCC2)C(F)(F)C(F)(F)F. The van der Waals surface area contributed by atoms with Crippen molar-refractivity contribution < 1.29 is 31.5 Å². The number of hydrogen-bond donors (Lipinski definition) is 0. The maximum Gasteiger partial charge on any atom is 0.461 e. The van der Waals surface area contributed by atoms with E-state index < -0.39 is 23.4 Å². The van der Waals surface area contributed by atoms with Crippen molar-refractivity contribution in [2.24, 2.45) is 0 Å². The zero-order valence-corrected chi connectivity index (χ0v) is 10.7. The van der Waals surface area contributed by atoms with Gasteiger partial charge in [0.2, 0.25) is 5.78 Å². The lowest BCUT2D eigenvalue weighted by Crippen LogP contribution is -2.44. The second-order valence-electron chi connectivity index (χ2n) is 3.94. The summed E-state index contributed by atoms with van der Waals surface area (Å²) in [5.41, 5.74) is -0.333. The van der Waals surface area contributed by atoms with Crippen LogP contribution >= 0.6 is 15.9 Å². The minimum absolute atomic E-state index is 0.143. The Morgan fingerprint density at radius 2 is 1.84 bits per heavy atom. The molecule has 2 nitrogen and oxygen atoms in total. The highest BCUT2D eigenvalue weighted by Gasteiger charge is 2.63. The highest BCUT2D eigenvalue weighted by Crippen LogP contribution is 2.42. The number of carbonyl (C=O) groups excluding carboxylic acids is 1. The number of carbonyl (C=O) groups is 1. The summed E-state index contributed by atoms with van der Waals surface area (Å²) in [6.45, 7) is 0.143. The van der Waals surface area contributed by atoms with E-state index in [9.17, 15) is 26.7 Å². The predicted molar refractivity (Wildman–Crippen MR) is 58.7 cm³/mol. The fraction of sp³-hybridized carbons (Fsp3) is 0.364. The van der Waals surface area contributed by atoms with Crippen LogP contribution in [0.1, 0.15) is 15.9 Å². The van der Waals surface area contributed by atoms with E-state index in [0.717, 1.165) is 6.07 Å². The summed E-state index contributed by atoms with van der Waals surface area (Å²) in [6, 6.07) is 2.43. The van der Waals surface area contributed by atoms with Crippen molar-refractivity contribution in [3.63, 3.8) is 0 Å². The highest BCUT2D eigenvalue weighted by atomic mass is 79.9. The predicted octanol–water partition coefficient (Wildman–Crippen LogP) is 3.76. The van der Waals surface area contributed by atoms with Gasteiger partial charge in [-0.1, -0.05) is 15.9 Å². The molecule has 0 saturated carbocycles. The summed E-state index contributed by atoms with van der Waals surface area (Å²) in [5.74, 6) is -7.94. The first-order chi connectivity index (χ1) is 8.64. The molecule has 8 heteroatoms. The van der Waals surface area contributed by atoms with Crippen molar-refractivity contribution >= 4 is 21.7 Å². The van der Waals surface area contributed by atoms with E-state index in [2.05, 4.69) is 15.9 Å². The maximum atomic E-state index is 13.1. The van der Waals surface area contributed by atoms with Crippen molar-refractivity contribution in [2.75, 3.05) is 6.61 Å². The first kappa shape index (κ1) is 14.2. The Labute approximate surface area is 112 Å². The standard InChI is InChI=1S/C11H6BrF5O2/c12-6-3-5-1-2-19-8(5)7(4-6)9(18)10(13,14)11(15,16)17/h3-4H,1-2H2. The van der Waals surface area contributed by atoms with E-state index in [1.54, 1.807) is 0 Å². The quantitative estimate of drug-likeness (QED) is 0.603. The van der Waals surface area contributed by atoms with E-state index >= 15 is 0 Å². The topological polar surface area (TPSA) is 26.3 Å². The van der Waals surface area contributed by atoms with Crippen LogP contribution in [-0.2, 0) is 6.42 Å². The average molecular weight is 345 g/mol. The van der Waals surface area contributed by atoms with E-state index in [1.807, 2.05) is 0 Å². The summed E-state index contributed by atoms with van der Waals surface area (Å²) in [4.78, 5) is 11.5. The molecule has 1 aromatic rings. The van der Waals surface area contributed by atoms with Gasteiger partial charge < -0.3 is 4.74 Å². The van der Waals surface area contributed by atoms with Gasteiger partial charge in [0.25, 0.3) is 0 Å². The van der Waals surface area contributed by atoms with Gasteiger partial charge in [0, 0.05) is 10.9 Å². The third-order valence-electron chi connectivity index (χ3n) is 2.63. The molecule has 2 rings (SSSR count). The first-order valence-electron chi connectivity index (χ1n) is 5.09. The summed E-state index contributed by atoms with van der Waals surface area (Å²) >= 11 is 2.97. The summed E-state index contributed by atoms with van der Waals surface area (Å²) in [7, 11) is 0. The number of alkyl halides is 5. The zero-order valence-electron chi connectivity index (χ0n) is 9.15. The maximum absolute atomic E-state index is 13.1. The number of benzene rings is 1. The minimum atomic E-state index is -5.93. The van der Waals surface area contributed by atoms with Crippen LogP contribution in [0.4, 0.5) is 22.0 Å². The van der Waals surface area contributed by atoms with Crippen LogP contribution in [0, 0.1) is 0 Å². The smallest absolute Gasteiger partial charge is 0.461 e. The Hall–Kier alpha value is -1.18. The second kappa shape index (κ2) is 4.43. The van der Waals surface area contributed by atoms with Crippen LogP contribution in [0.15, 0.2) is 16.6 Å². The lowest BCUT2D eigenvalue weighted by molar-refractivity contribution is -0.255. The molecule has 0 unspecified atom stereocenters. The van der Waals surface area contributed by atoms with Crippen molar-refractivity contribution in [3.8, 4) is 5.75 Å². The summed E-state index contributed by atoms with van der Waals surface area (Å²) in [6.07, 6.45) is -5.58. The molecule has 1 aliphatic rings. The van der Waals surface area contributed by atoms with Crippen molar-refractivity contribution in [1.82, 2.24) is 0 Å². The molecule has 0 fully saturated rings. The Bertz CT molecular complexity index is 539. The van der Waals surface area contributed by atoms with Crippen molar-refractivity contribution in [2.45, 2.75) is 18.5 Å². The van der Waals surface area contributed by atoms with E-state index in [1.165, 1.54) is 6.07 Å². The molecular formula is C11H6BrF5O2. The van der Waals surface area contributed by atoms with Crippen molar-refractivity contribution in [3.05, 3.63) is 27.7 Å². The molecule has 0 aromatic heterocycles. The van der Waals surface area contributed by atoms with Gasteiger partial charge in [0.05, 0.1) is 12.2 Å². The minimum Gasteiger partial charge on any atom is -0.492 e. The molecule has 0 bridgehead atoms. The van der Waals surface area contributed by atoms with Gasteiger partial charge in [-0.15, -0.1) is 0 Å². The lowest BCUT2D eigenvalue weighted by Gasteiger charge is -2.19. The van der Waals surface area contributed by atoms with Crippen LogP contribution < -0.4 is 4.74 Å². The average Bonchev–Trinajstić information content (AvgIpc) is 2.72. The molecule has 1 heterocycles. The van der Waals surface area contributed by atoms with Crippen LogP contribution in [0.5, 0.6) is 5.75 Å². The van der Waals surface area contributed by atoms with Gasteiger partial charge in [-0.2, -0.15) is 22.0 Å². The molecule has 0 atom stereocenters. The molecule has 19 heavy (non-hydrogen) atoms. The Kier molecular flexibility index (Phi) is 3.32. The lowest BCUT2D eigenvalue weighted by atomic mass is 10.0. The summed E-state index contributed by atoms with van der Waals surface area (Å²) < 4.78 is 67.9. The molecule has 0 spiro atoms. The highest BCUT2D eigenvalue weighted by molar-refractivity contribution is 9.10. The van der Waals surface area contributed by atoms with Gasteiger partial charge in [0.1, 0.15) is 5.75 Å². The van der Waals surface area contributed by atoms with Crippen LogP contribution in [0.2, 0.25) is 0 Å². The molecule has 1 aliphatic heterocycles. The Morgan fingerprint density at radius 1 is 1.21 bits per heavy atom. The second-order valence-corrected chi connectivity index (χ2v) is 4.86. The normalized spacial score (nSPS) is 15.1. The van der Waals surface area contributed by atoms with Crippen LogP contribution in [-0.4, -0.2) is 24.5 Å². The third kappa shape index (κ3) is 2.33. The van der Waals surface area contributed by atoms with E-state index in [4.69, 9.17) is 4.74 Å². The van der Waals surface area contributed by atoms with E-state index in [0.29, 0.717) is 12.0 Å². The van der Waals surface area contributed by atoms with Gasteiger partial charge >= 0.3 is 12.1 Å². The fourth-order valence-electron chi connectivity index (χ4n) is 1.74. The van der Waals surface area contributed by atoms with Crippen LogP contribution in [0.3, 0.4) is 0 Å². The largest absolute Gasteiger partial charge is 0.492 e. The van der Waals surface area contributed by atoms with Gasteiger partial charge in [-0.25, -0.2) is 0 Å². The summed E-state index contributed by atoms with van der Waals surface area (Å²) in [5, 5.41) is 0. The van der Waals surface area contributed by atoms with Crippen LogP contribution in [0.25, 0.3) is 0 Å². The monoisotopic (exact) mass is 344 g/mol. The number of fused-ring (bicyclic) bond motifs is 1. The number of halogens is 6. The number of rotatable bonds is 2.